The molecule has 0 bridgehead atoms. The molecule has 0 saturated heterocycles. The zero-order valence-electron chi connectivity index (χ0n) is 12.0. The largest absolute Gasteiger partial charge is 0.480 e. The first kappa shape index (κ1) is 14.8. The van der Waals surface area contributed by atoms with Crippen molar-refractivity contribution in [2.75, 3.05) is 5.73 Å². The normalized spacial score (nSPS) is 12.3. The summed E-state index contributed by atoms with van der Waals surface area (Å²) < 4.78 is 0. The van der Waals surface area contributed by atoms with E-state index in [0.717, 1.165) is 10.8 Å². The van der Waals surface area contributed by atoms with Gasteiger partial charge in [-0.2, -0.15) is 0 Å². The van der Waals surface area contributed by atoms with Crippen molar-refractivity contribution in [3.63, 3.8) is 0 Å². The minimum Gasteiger partial charge on any atom is -0.480 e. The van der Waals surface area contributed by atoms with Crippen molar-refractivity contribution in [3.05, 3.63) is 42.0 Å². The first-order valence-electron chi connectivity index (χ1n) is 6.72. The maximum absolute atomic E-state index is 12.3. The van der Waals surface area contributed by atoms with E-state index in [9.17, 15) is 9.59 Å². The number of carboxylic acids is 1. The quantitative estimate of drug-likeness (QED) is 0.752. The Morgan fingerprint density at radius 3 is 2.24 bits per heavy atom. The Labute approximate surface area is 122 Å². The summed E-state index contributed by atoms with van der Waals surface area (Å²) >= 11 is 0. The van der Waals surface area contributed by atoms with Crippen molar-refractivity contribution in [1.82, 2.24) is 5.32 Å². The van der Waals surface area contributed by atoms with Crippen LogP contribution in [0.25, 0.3) is 10.8 Å². The van der Waals surface area contributed by atoms with Crippen molar-refractivity contribution in [2.24, 2.45) is 5.92 Å². The number of carboxylic acid groups (broad SMARTS) is 1. The Morgan fingerprint density at radius 1 is 1.14 bits per heavy atom. The Balaban J connectivity index is 2.34. The molecule has 0 fully saturated rings. The highest BCUT2D eigenvalue weighted by Crippen LogP contribution is 2.22. The van der Waals surface area contributed by atoms with Crippen LogP contribution in [0.4, 0.5) is 5.69 Å². The molecule has 0 aliphatic heterocycles. The van der Waals surface area contributed by atoms with Crippen LogP contribution in [0.15, 0.2) is 36.4 Å². The Hall–Kier alpha value is -2.56. The summed E-state index contributed by atoms with van der Waals surface area (Å²) in [4.78, 5) is 23.4. The molecule has 2 aromatic carbocycles. The molecule has 0 radical (unpaired) electrons. The number of rotatable bonds is 4. The van der Waals surface area contributed by atoms with Crippen LogP contribution in [0.1, 0.15) is 24.2 Å². The average molecular weight is 286 g/mol. The van der Waals surface area contributed by atoms with Gasteiger partial charge < -0.3 is 16.2 Å². The van der Waals surface area contributed by atoms with E-state index in [1.165, 1.54) is 0 Å². The Morgan fingerprint density at radius 2 is 1.71 bits per heavy atom. The lowest BCUT2D eigenvalue weighted by Gasteiger charge is -2.18. The van der Waals surface area contributed by atoms with Crippen molar-refractivity contribution >= 4 is 28.3 Å². The number of carbonyl (C=O) groups is 2. The third-order valence-corrected chi connectivity index (χ3v) is 3.38. The predicted molar refractivity (Wildman–Crippen MR) is 82.1 cm³/mol. The van der Waals surface area contributed by atoms with Gasteiger partial charge in [0.05, 0.1) is 5.56 Å². The van der Waals surface area contributed by atoms with E-state index in [1.54, 1.807) is 26.0 Å². The first-order chi connectivity index (χ1) is 9.90. The van der Waals surface area contributed by atoms with E-state index >= 15 is 0 Å². The molecule has 0 unspecified atom stereocenters. The fourth-order valence-electron chi connectivity index (χ4n) is 2.19. The van der Waals surface area contributed by atoms with E-state index < -0.39 is 17.9 Å². The van der Waals surface area contributed by atoms with E-state index in [1.807, 2.05) is 24.3 Å². The van der Waals surface area contributed by atoms with Gasteiger partial charge in [-0.1, -0.05) is 38.1 Å². The van der Waals surface area contributed by atoms with Crippen molar-refractivity contribution in [3.8, 4) is 0 Å². The van der Waals surface area contributed by atoms with Gasteiger partial charge >= 0.3 is 5.97 Å². The minimum absolute atomic E-state index is 0.215. The fourth-order valence-corrected chi connectivity index (χ4v) is 2.19. The molecule has 0 aliphatic carbocycles. The number of hydrogen-bond acceptors (Lipinski definition) is 3. The standard InChI is InChI=1S/C16H18N2O3/c1-9(2)14(16(20)21)18-15(19)12-7-10-5-3-4-6-11(10)8-13(12)17/h3-9,14H,17H2,1-2H3,(H,18,19)(H,20,21)/t14-/m0/s1. The van der Waals surface area contributed by atoms with Gasteiger partial charge in [0, 0.05) is 5.69 Å². The Bertz CT molecular complexity index is 695. The summed E-state index contributed by atoms with van der Waals surface area (Å²) in [6, 6.07) is 10.00. The highest BCUT2D eigenvalue weighted by atomic mass is 16.4. The zero-order valence-corrected chi connectivity index (χ0v) is 12.0. The number of nitrogen functional groups attached to an aromatic ring is 1. The SMILES string of the molecule is CC(C)[C@H](NC(=O)c1cc2ccccc2cc1N)C(=O)O. The average Bonchev–Trinajstić information content (AvgIpc) is 2.43. The second-order valence-electron chi connectivity index (χ2n) is 5.32. The monoisotopic (exact) mass is 286 g/mol. The van der Waals surface area contributed by atoms with Gasteiger partial charge in [-0.3, -0.25) is 4.79 Å². The van der Waals surface area contributed by atoms with Crippen molar-refractivity contribution in [2.45, 2.75) is 19.9 Å². The maximum atomic E-state index is 12.3. The van der Waals surface area contributed by atoms with Gasteiger partial charge in [-0.15, -0.1) is 0 Å². The van der Waals surface area contributed by atoms with Gasteiger partial charge in [0.1, 0.15) is 6.04 Å². The number of benzene rings is 2. The zero-order chi connectivity index (χ0) is 15.6. The van der Waals surface area contributed by atoms with Crippen LogP contribution in [-0.4, -0.2) is 23.0 Å². The van der Waals surface area contributed by atoms with Gasteiger partial charge in [-0.05, 0) is 28.8 Å². The molecule has 21 heavy (non-hydrogen) atoms. The van der Waals surface area contributed by atoms with E-state index in [2.05, 4.69) is 5.32 Å². The number of fused-ring (bicyclic) bond motifs is 1. The molecule has 0 heterocycles. The van der Waals surface area contributed by atoms with Crippen molar-refractivity contribution in [1.29, 1.82) is 0 Å². The number of nitrogens with two attached hydrogens (primary N) is 1. The molecule has 5 heteroatoms. The summed E-state index contributed by atoms with van der Waals surface area (Å²) in [6.07, 6.45) is 0. The topological polar surface area (TPSA) is 92.4 Å². The third kappa shape index (κ3) is 3.13. The van der Waals surface area contributed by atoms with Gasteiger partial charge in [-0.25, -0.2) is 4.79 Å². The van der Waals surface area contributed by atoms with Gasteiger partial charge in [0.25, 0.3) is 5.91 Å². The highest BCUT2D eigenvalue weighted by molar-refractivity contribution is 6.05. The number of carbonyl (C=O) groups excluding carboxylic acids is 1. The summed E-state index contributed by atoms with van der Waals surface area (Å²) in [7, 11) is 0. The highest BCUT2D eigenvalue weighted by Gasteiger charge is 2.24. The lowest BCUT2D eigenvalue weighted by atomic mass is 10.0. The number of hydrogen-bond donors (Lipinski definition) is 3. The van der Waals surface area contributed by atoms with Crippen LogP contribution in [0, 0.1) is 5.92 Å². The molecule has 4 N–H and O–H groups in total. The summed E-state index contributed by atoms with van der Waals surface area (Å²) in [5.74, 6) is -1.75. The van der Waals surface area contributed by atoms with Gasteiger partial charge in [0.15, 0.2) is 0 Å². The Kier molecular flexibility index (Phi) is 4.12. The molecule has 1 atom stereocenters. The number of aliphatic carboxylic acids is 1. The molecule has 2 rings (SSSR count). The first-order valence-corrected chi connectivity index (χ1v) is 6.72. The second kappa shape index (κ2) is 5.83. The second-order valence-corrected chi connectivity index (χ2v) is 5.32. The van der Waals surface area contributed by atoms with E-state index in [4.69, 9.17) is 10.8 Å². The minimum atomic E-state index is -1.06. The molecular formula is C16H18N2O3. The number of nitrogens with one attached hydrogen (secondary N) is 1. The lowest BCUT2D eigenvalue weighted by Crippen LogP contribution is -2.44. The molecule has 0 aliphatic rings. The number of anilines is 1. The third-order valence-electron chi connectivity index (χ3n) is 3.38. The molecule has 110 valence electrons. The van der Waals surface area contributed by atoms with Gasteiger partial charge in [0.2, 0.25) is 0 Å². The number of amides is 1. The molecule has 2 aromatic rings. The fraction of sp³-hybridized carbons (Fsp3) is 0.250. The van der Waals surface area contributed by atoms with Crippen LogP contribution in [0.2, 0.25) is 0 Å². The molecule has 0 aromatic heterocycles. The van der Waals surface area contributed by atoms with Crippen LogP contribution >= 0.6 is 0 Å². The van der Waals surface area contributed by atoms with Crippen LogP contribution < -0.4 is 11.1 Å². The predicted octanol–water partition coefficient (Wildman–Crippen LogP) is 2.26. The maximum Gasteiger partial charge on any atom is 0.326 e. The summed E-state index contributed by atoms with van der Waals surface area (Å²) in [5.41, 5.74) is 6.53. The smallest absolute Gasteiger partial charge is 0.326 e. The van der Waals surface area contributed by atoms with Crippen LogP contribution in [0.5, 0.6) is 0 Å². The molecular weight excluding hydrogens is 268 g/mol. The molecule has 1 amide bonds. The summed E-state index contributed by atoms with van der Waals surface area (Å²) in [6.45, 7) is 3.48. The van der Waals surface area contributed by atoms with E-state index in [-0.39, 0.29) is 5.92 Å². The van der Waals surface area contributed by atoms with Crippen LogP contribution in [-0.2, 0) is 4.79 Å². The lowest BCUT2D eigenvalue weighted by molar-refractivity contribution is -0.140. The molecule has 0 saturated carbocycles. The van der Waals surface area contributed by atoms with Crippen molar-refractivity contribution < 1.29 is 14.7 Å². The summed E-state index contributed by atoms with van der Waals surface area (Å²) in [5, 5.41) is 13.5. The molecule has 0 spiro atoms. The van der Waals surface area contributed by atoms with Crippen LogP contribution in [0.3, 0.4) is 0 Å². The molecule has 5 nitrogen and oxygen atoms in total. The van der Waals surface area contributed by atoms with E-state index in [0.29, 0.717) is 11.3 Å².